The molecule has 0 aromatic carbocycles. The van der Waals surface area contributed by atoms with Crippen LogP contribution in [0.25, 0.3) is 0 Å². The molecule has 2 atom stereocenters. The number of rotatable bonds is 6. The van der Waals surface area contributed by atoms with Gasteiger partial charge in [0.1, 0.15) is 0 Å². The second-order valence-electron chi connectivity index (χ2n) is 7.30. The van der Waals surface area contributed by atoms with Gasteiger partial charge >= 0.3 is 0 Å². The van der Waals surface area contributed by atoms with Crippen LogP contribution >= 0.6 is 11.3 Å². The Hall–Kier alpha value is -0.380. The Morgan fingerprint density at radius 1 is 1.33 bits per heavy atom. The van der Waals surface area contributed by atoms with Crippen LogP contribution in [0, 0.1) is 24.7 Å². The van der Waals surface area contributed by atoms with Gasteiger partial charge in [0.05, 0.1) is 0 Å². The Balaban J connectivity index is 1.87. The van der Waals surface area contributed by atoms with Crippen molar-refractivity contribution >= 4 is 11.3 Å². The minimum absolute atomic E-state index is 0.724. The van der Waals surface area contributed by atoms with Crippen molar-refractivity contribution < 1.29 is 0 Å². The van der Waals surface area contributed by atoms with Crippen LogP contribution in [-0.2, 0) is 13.1 Å². The number of hydrogen-bond acceptors (Lipinski definition) is 3. The zero-order chi connectivity index (χ0) is 15.4. The van der Waals surface area contributed by atoms with Crippen LogP contribution in [0.15, 0.2) is 6.07 Å². The van der Waals surface area contributed by atoms with Crippen molar-refractivity contribution in [3.63, 3.8) is 0 Å². The maximum absolute atomic E-state index is 3.55. The van der Waals surface area contributed by atoms with Crippen molar-refractivity contribution in [3.8, 4) is 0 Å². The molecule has 1 aromatic heterocycles. The molecule has 21 heavy (non-hydrogen) atoms. The summed E-state index contributed by atoms with van der Waals surface area (Å²) in [6.07, 6.45) is 1.35. The zero-order valence-electron chi connectivity index (χ0n) is 14.4. The highest BCUT2D eigenvalue weighted by atomic mass is 32.1. The molecule has 0 radical (unpaired) electrons. The summed E-state index contributed by atoms with van der Waals surface area (Å²) in [5, 5.41) is 3.55. The van der Waals surface area contributed by atoms with Gasteiger partial charge in [-0.25, -0.2) is 0 Å². The van der Waals surface area contributed by atoms with Crippen molar-refractivity contribution in [2.45, 2.75) is 54.1 Å². The molecule has 1 aliphatic rings. The lowest BCUT2D eigenvalue weighted by Crippen LogP contribution is -2.37. The molecule has 0 spiro atoms. The van der Waals surface area contributed by atoms with E-state index in [1.165, 1.54) is 29.3 Å². The van der Waals surface area contributed by atoms with E-state index in [0.717, 1.165) is 37.4 Å². The van der Waals surface area contributed by atoms with E-state index in [1.54, 1.807) is 5.56 Å². The summed E-state index contributed by atoms with van der Waals surface area (Å²) in [7, 11) is 0. The lowest BCUT2D eigenvalue weighted by molar-refractivity contribution is 0.132. The first-order chi connectivity index (χ1) is 9.95. The molecule has 0 aliphatic carbocycles. The Kier molecular flexibility index (Phi) is 6.27. The molecule has 2 nitrogen and oxygen atoms in total. The summed E-state index contributed by atoms with van der Waals surface area (Å²) in [4.78, 5) is 5.63. The molecule has 1 saturated heterocycles. The summed E-state index contributed by atoms with van der Waals surface area (Å²) >= 11 is 1.97. The average Bonchev–Trinajstić information content (AvgIpc) is 2.74. The molecule has 2 unspecified atom stereocenters. The predicted octanol–water partition coefficient (Wildman–Crippen LogP) is 4.28. The number of nitrogens with zero attached hydrogens (tertiary/aromatic N) is 1. The molecule has 2 heterocycles. The van der Waals surface area contributed by atoms with Crippen LogP contribution in [0.4, 0.5) is 0 Å². The van der Waals surface area contributed by atoms with E-state index in [1.807, 2.05) is 11.3 Å². The third-order valence-electron chi connectivity index (χ3n) is 4.74. The first-order valence-electron chi connectivity index (χ1n) is 8.47. The van der Waals surface area contributed by atoms with Crippen molar-refractivity contribution in [2.75, 3.05) is 19.6 Å². The summed E-state index contributed by atoms with van der Waals surface area (Å²) in [5.74, 6) is 2.45. The van der Waals surface area contributed by atoms with Gasteiger partial charge in [0.2, 0.25) is 0 Å². The minimum Gasteiger partial charge on any atom is -0.312 e. The number of aryl methyl sites for hydroxylation is 1. The van der Waals surface area contributed by atoms with Crippen LogP contribution in [0.1, 0.15) is 49.4 Å². The summed E-state index contributed by atoms with van der Waals surface area (Å²) < 4.78 is 0. The second kappa shape index (κ2) is 7.75. The summed E-state index contributed by atoms with van der Waals surface area (Å²) in [6.45, 7) is 17.4. The van der Waals surface area contributed by atoms with E-state index in [-0.39, 0.29) is 0 Å². The minimum atomic E-state index is 0.724. The molecular weight excluding hydrogens is 276 g/mol. The highest BCUT2D eigenvalue weighted by Crippen LogP contribution is 2.27. The Labute approximate surface area is 134 Å². The average molecular weight is 309 g/mol. The first-order valence-corrected chi connectivity index (χ1v) is 9.28. The molecule has 1 aliphatic heterocycles. The smallest absolute Gasteiger partial charge is 0.0300 e. The number of nitrogens with one attached hydrogen (secondary N) is 1. The number of piperidine rings is 1. The van der Waals surface area contributed by atoms with Gasteiger partial charge in [0.25, 0.3) is 0 Å². The molecule has 1 N–H and O–H groups in total. The third-order valence-corrected chi connectivity index (χ3v) is 5.83. The highest BCUT2D eigenvalue weighted by molar-refractivity contribution is 7.12. The van der Waals surface area contributed by atoms with Crippen LogP contribution in [0.3, 0.4) is 0 Å². The molecule has 1 aromatic rings. The standard InChI is InChI=1S/C18H32N2S/c1-13(2)9-19-10-18-8-17(16(5)21-18)12-20-7-6-14(3)15(4)11-20/h8,13-15,19H,6-7,9-12H2,1-5H3. The normalized spacial score (nSPS) is 23.9. The molecule has 0 saturated carbocycles. The van der Waals surface area contributed by atoms with Crippen LogP contribution < -0.4 is 5.32 Å². The Morgan fingerprint density at radius 2 is 2.10 bits per heavy atom. The van der Waals surface area contributed by atoms with Gasteiger partial charge in [-0.05, 0) is 55.8 Å². The van der Waals surface area contributed by atoms with Gasteiger partial charge < -0.3 is 5.32 Å². The SMILES string of the molecule is Cc1sc(CNCC(C)C)cc1CN1CCC(C)C(C)C1. The lowest BCUT2D eigenvalue weighted by Gasteiger charge is -2.35. The zero-order valence-corrected chi connectivity index (χ0v) is 15.2. The van der Waals surface area contributed by atoms with Crippen molar-refractivity contribution in [2.24, 2.45) is 17.8 Å². The molecule has 120 valence electrons. The van der Waals surface area contributed by atoms with E-state index in [9.17, 15) is 0 Å². The van der Waals surface area contributed by atoms with E-state index in [4.69, 9.17) is 0 Å². The summed E-state index contributed by atoms with van der Waals surface area (Å²) in [5.41, 5.74) is 1.54. The number of thiophene rings is 1. The molecule has 0 bridgehead atoms. The quantitative estimate of drug-likeness (QED) is 0.844. The fourth-order valence-corrected chi connectivity index (χ4v) is 4.07. The van der Waals surface area contributed by atoms with Gasteiger partial charge in [-0.3, -0.25) is 4.90 Å². The van der Waals surface area contributed by atoms with Gasteiger partial charge in [-0.2, -0.15) is 0 Å². The second-order valence-corrected chi connectivity index (χ2v) is 8.64. The van der Waals surface area contributed by atoms with Crippen LogP contribution in [0.5, 0.6) is 0 Å². The van der Waals surface area contributed by atoms with Crippen molar-refractivity contribution in [3.05, 3.63) is 21.4 Å². The largest absolute Gasteiger partial charge is 0.312 e. The Bertz CT molecular complexity index is 438. The van der Waals surface area contributed by atoms with Gasteiger partial charge in [0, 0.05) is 29.4 Å². The molecule has 2 rings (SSSR count). The van der Waals surface area contributed by atoms with E-state index < -0.39 is 0 Å². The number of likely N-dealkylation sites (tertiary alicyclic amines) is 1. The molecule has 1 fully saturated rings. The van der Waals surface area contributed by atoms with Crippen LogP contribution in [-0.4, -0.2) is 24.5 Å². The van der Waals surface area contributed by atoms with Gasteiger partial charge in [-0.1, -0.05) is 27.7 Å². The third kappa shape index (κ3) is 5.08. The van der Waals surface area contributed by atoms with E-state index >= 15 is 0 Å². The predicted molar refractivity (Wildman–Crippen MR) is 93.8 cm³/mol. The van der Waals surface area contributed by atoms with Crippen molar-refractivity contribution in [1.82, 2.24) is 10.2 Å². The fraction of sp³-hybridized carbons (Fsp3) is 0.778. The monoisotopic (exact) mass is 308 g/mol. The van der Waals surface area contributed by atoms with Gasteiger partial charge in [0.15, 0.2) is 0 Å². The highest BCUT2D eigenvalue weighted by Gasteiger charge is 2.23. The van der Waals surface area contributed by atoms with Crippen LogP contribution in [0.2, 0.25) is 0 Å². The van der Waals surface area contributed by atoms with E-state index in [2.05, 4.69) is 50.9 Å². The maximum atomic E-state index is 3.55. The lowest BCUT2D eigenvalue weighted by atomic mass is 9.88. The molecule has 3 heteroatoms. The van der Waals surface area contributed by atoms with E-state index in [0.29, 0.717) is 0 Å². The molecule has 0 amide bonds. The Morgan fingerprint density at radius 3 is 2.76 bits per heavy atom. The number of hydrogen-bond donors (Lipinski definition) is 1. The summed E-state index contributed by atoms with van der Waals surface area (Å²) in [6, 6.07) is 2.43. The molecular formula is C18H32N2S. The first kappa shape index (κ1) is 17.0. The topological polar surface area (TPSA) is 15.3 Å². The van der Waals surface area contributed by atoms with Gasteiger partial charge in [-0.15, -0.1) is 11.3 Å². The fourth-order valence-electron chi connectivity index (χ4n) is 3.05. The van der Waals surface area contributed by atoms with Crippen molar-refractivity contribution in [1.29, 1.82) is 0 Å². The maximum Gasteiger partial charge on any atom is 0.0300 e.